The number of hydrogen-bond donors (Lipinski definition) is 0. The van der Waals surface area contributed by atoms with Gasteiger partial charge in [-0.05, 0) is 63.4 Å². The highest BCUT2D eigenvalue weighted by Gasteiger charge is 2.20. The van der Waals surface area contributed by atoms with Crippen LogP contribution in [-0.2, 0) is 0 Å². The molecule has 0 atom stereocenters. The lowest BCUT2D eigenvalue weighted by Gasteiger charge is -2.24. The van der Waals surface area contributed by atoms with E-state index in [1.165, 1.54) is 39.1 Å². The maximum atomic E-state index is 4.75. The fourth-order valence-electron chi connectivity index (χ4n) is 4.80. The minimum atomic E-state index is 0.366. The van der Waals surface area contributed by atoms with Crippen molar-refractivity contribution in [1.29, 1.82) is 0 Å². The molecule has 5 aromatic rings. The first-order chi connectivity index (χ1) is 18.0. The second kappa shape index (κ2) is 11.9. The van der Waals surface area contributed by atoms with Crippen LogP contribution in [0.3, 0.4) is 0 Å². The average molecular weight is 487 g/mol. The van der Waals surface area contributed by atoms with Crippen molar-refractivity contribution in [2.45, 2.75) is 53.4 Å². The van der Waals surface area contributed by atoms with Crippen LogP contribution in [0.1, 0.15) is 64.5 Å². The molecular weight excluding hydrogens is 448 g/mol. The summed E-state index contributed by atoms with van der Waals surface area (Å²) >= 11 is 0. The normalized spacial score (nSPS) is 10.9. The van der Waals surface area contributed by atoms with Crippen molar-refractivity contribution >= 4 is 0 Å². The molecule has 0 saturated heterocycles. The lowest BCUT2D eigenvalue weighted by molar-refractivity contribution is 0.807. The zero-order valence-electron chi connectivity index (χ0n) is 22.9. The van der Waals surface area contributed by atoms with E-state index in [9.17, 15) is 0 Å². The third-order valence-corrected chi connectivity index (χ3v) is 6.63. The van der Waals surface area contributed by atoms with Crippen molar-refractivity contribution in [3.63, 3.8) is 0 Å². The molecule has 0 fully saturated rings. The number of nitrogens with zero attached hydrogens (tertiary/aromatic N) is 2. The number of imidazole rings is 1. The van der Waals surface area contributed by atoms with Gasteiger partial charge in [0.05, 0.1) is 5.69 Å². The summed E-state index contributed by atoms with van der Waals surface area (Å²) in [5.74, 6) is 1.71. The Labute approximate surface area is 222 Å². The summed E-state index contributed by atoms with van der Waals surface area (Å²) < 4.78 is 2.28. The van der Waals surface area contributed by atoms with Gasteiger partial charge in [-0.1, -0.05) is 120 Å². The lowest BCUT2D eigenvalue weighted by atomic mass is 9.87. The molecule has 4 aromatic carbocycles. The Kier molecular flexibility index (Phi) is 8.40. The van der Waals surface area contributed by atoms with Crippen LogP contribution < -0.4 is 0 Å². The lowest BCUT2D eigenvalue weighted by Crippen LogP contribution is -2.08. The maximum Gasteiger partial charge on any atom is 0.144 e. The Hall–Kier alpha value is -3.91. The minimum Gasteiger partial charge on any atom is -0.299 e. The smallest absolute Gasteiger partial charge is 0.144 e. The molecule has 2 heteroatoms. The molecule has 1 aromatic heterocycles. The van der Waals surface area contributed by atoms with Gasteiger partial charge in [-0.2, -0.15) is 0 Å². The molecule has 2 nitrogen and oxygen atoms in total. The first-order valence-electron chi connectivity index (χ1n) is 13.5. The van der Waals surface area contributed by atoms with Gasteiger partial charge >= 0.3 is 0 Å². The van der Waals surface area contributed by atoms with Crippen LogP contribution in [-0.4, -0.2) is 9.55 Å². The van der Waals surface area contributed by atoms with Crippen LogP contribution in [0.4, 0.5) is 0 Å². The van der Waals surface area contributed by atoms with Crippen LogP contribution in [0, 0.1) is 0 Å². The van der Waals surface area contributed by atoms with E-state index in [1.807, 2.05) is 26.1 Å². The predicted molar refractivity (Wildman–Crippen MR) is 159 cm³/mol. The van der Waals surface area contributed by atoms with Crippen molar-refractivity contribution in [2.24, 2.45) is 0 Å². The molecule has 5 rings (SSSR count). The van der Waals surface area contributed by atoms with Crippen molar-refractivity contribution in [2.75, 3.05) is 0 Å². The van der Waals surface area contributed by atoms with Crippen molar-refractivity contribution in [1.82, 2.24) is 9.55 Å². The summed E-state index contributed by atoms with van der Waals surface area (Å²) in [4.78, 5) is 4.75. The third-order valence-electron chi connectivity index (χ3n) is 6.63. The summed E-state index contributed by atoms with van der Waals surface area (Å²) in [5, 5.41) is 0. The number of aromatic nitrogens is 2. The molecule has 0 amide bonds. The maximum absolute atomic E-state index is 4.75. The molecule has 0 aliphatic carbocycles. The molecular formula is C35H38N2. The molecule has 0 aliphatic heterocycles. The van der Waals surface area contributed by atoms with E-state index in [1.54, 1.807) is 0 Å². The van der Waals surface area contributed by atoms with Crippen LogP contribution in [0.15, 0.2) is 109 Å². The van der Waals surface area contributed by atoms with Gasteiger partial charge < -0.3 is 0 Å². The number of benzene rings is 4. The summed E-state index contributed by atoms with van der Waals surface area (Å²) in [5.41, 5.74) is 10.1. The van der Waals surface area contributed by atoms with Crippen molar-refractivity contribution in [3.05, 3.63) is 121 Å². The van der Waals surface area contributed by atoms with Gasteiger partial charge in [0.15, 0.2) is 0 Å². The monoisotopic (exact) mass is 486 g/mol. The highest BCUT2D eigenvalue weighted by atomic mass is 15.1. The van der Waals surface area contributed by atoms with Gasteiger partial charge in [-0.3, -0.25) is 4.57 Å². The highest BCUT2D eigenvalue weighted by Crippen LogP contribution is 2.38. The topological polar surface area (TPSA) is 17.8 Å². The Balaban J connectivity index is 0.00000156. The van der Waals surface area contributed by atoms with Gasteiger partial charge in [0.25, 0.3) is 0 Å². The zero-order valence-corrected chi connectivity index (χ0v) is 22.9. The quantitative estimate of drug-likeness (QED) is 0.233. The largest absolute Gasteiger partial charge is 0.299 e. The number of rotatable bonds is 6. The van der Waals surface area contributed by atoms with E-state index in [0.29, 0.717) is 11.8 Å². The first kappa shape index (κ1) is 26.2. The molecule has 188 valence electrons. The average Bonchev–Trinajstić information content (AvgIpc) is 3.44. The summed E-state index contributed by atoms with van der Waals surface area (Å²) in [7, 11) is 0. The Bertz CT molecular complexity index is 1400. The third kappa shape index (κ3) is 5.59. The van der Waals surface area contributed by atoms with Gasteiger partial charge in [0.2, 0.25) is 0 Å². The summed E-state index contributed by atoms with van der Waals surface area (Å²) in [6, 6.07) is 34.7. The summed E-state index contributed by atoms with van der Waals surface area (Å²) in [6.45, 7) is 13.1. The molecule has 1 heterocycles. The van der Waals surface area contributed by atoms with Crippen LogP contribution >= 0.6 is 0 Å². The van der Waals surface area contributed by atoms with Crippen LogP contribution in [0.2, 0.25) is 0 Å². The number of hydrogen-bond acceptors (Lipinski definition) is 1. The Morgan fingerprint density at radius 2 is 1.03 bits per heavy atom. The second-order valence-corrected chi connectivity index (χ2v) is 9.75. The van der Waals surface area contributed by atoms with E-state index in [-0.39, 0.29) is 0 Å². The van der Waals surface area contributed by atoms with Gasteiger partial charge in [-0.25, -0.2) is 4.98 Å². The molecule has 0 bridgehead atoms. The molecule has 0 N–H and O–H groups in total. The molecule has 0 spiro atoms. The fraction of sp³-hybridized carbons (Fsp3) is 0.229. The predicted octanol–water partition coefficient (Wildman–Crippen LogP) is 10.1. The Morgan fingerprint density at radius 1 is 0.541 bits per heavy atom. The van der Waals surface area contributed by atoms with E-state index in [2.05, 4.69) is 129 Å². The highest BCUT2D eigenvalue weighted by molar-refractivity contribution is 5.76. The minimum absolute atomic E-state index is 0.366. The first-order valence-corrected chi connectivity index (χ1v) is 13.5. The van der Waals surface area contributed by atoms with Gasteiger partial charge in [-0.15, -0.1) is 0 Å². The SMILES string of the molecule is CC.CC(C)c1cc(-c2cccc(-c3ccccc3)c2)cc(C(C)C)c1-n1ccnc1-c1ccccc1. The fourth-order valence-corrected chi connectivity index (χ4v) is 4.80. The van der Waals surface area contributed by atoms with Crippen LogP contribution in [0.5, 0.6) is 0 Å². The second-order valence-electron chi connectivity index (χ2n) is 9.75. The molecule has 37 heavy (non-hydrogen) atoms. The van der Waals surface area contributed by atoms with Crippen molar-refractivity contribution < 1.29 is 0 Å². The van der Waals surface area contributed by atoms with E-state index < -0.39 is 0 Å². The zero-order chi connectivity index (χ0) is 26.4. The van der Waals surface area contributed by atoms with Crippen molar-refractivity contribution in [3.8, 4) is 39.3 Å². The standard InChI is InChI=1S/C33H32N2.C2H6/c1-23(2)30-21-29(28-17-11-16-27(20-28)25-12-7-5-8-13-25)22-31(24(3)4)32(30)35-19-18-34-33(35)26-14-9-6-10-15-26;1-2/h5-24H,1-4H3;1-2H3. The molecule has 0 unspecified atom stereocenters. The summed E-state index contributed by atoms with van der Waals surface area (Å²) in [6.07, 6.45) is 4.01. The Morgan fingerprint density at radius 3 is 1.57 bits per heavy atom. The van der Waals surface area contributed by atoms with E-state index in [0.717, 1.165) is 11.4 Å². The molecule has 0 radical (unpaired) electrons. The molecule has 0 saturated carbocycles. The van der Waals surface area contributed by atoms with Gasteiger partial charge in [0, 0.05) is 18.0 Å². The van der Waals surface area contributed by atoms with E-state index in [4.69, 9.17) is 4.98 Å². The van der Waals surface area contributed by atoms with Gasteiger partial charge in [0.1, 0.15) is 5.82 Å². The van der Waals surface area contributed by atoms with Crippen LogP contribution in [0.25, 0.3) is 39.3 Å². The molecule has 0 aliphatic rings. The van der Waals surface area contributed by atoms with E-state index >= 15 is 0 Å².